The van der Waals surface area contributed by atoms with Crippen molar-refractivity contribution in [2.45, 2.75) is 134 Å². The van der Waals surface area contributed by atoms with Gasteiger partial charge in [-0.1, -0.05) is 60.0 Å². The van der Waals surface area contributed by atoms with Crippen LogP contribution in [0.25, 0.3) is 0 Å². The summed E-state index contributed by atoms with van der Waals surface area (Å²) < 4.78 is 0. The molecule has 2 aliphatic heterocycles. The lowest BCUT2D eigenvalue weighted by Gasteiger charge is -2.39. The number of piperidine rings is 1. The van der Waals surface area contributed by atoms with Gasteiger partial charge < -0.3 is 31.1 Å². The number of likely N-dealkylation sites (tertiary alicyclic amines) is 2. The van der Waals surface area contributed by atoms with Gasteiger partial charge in [0.2, 0.25) is 17.7 Å². The van der Waals surface area contributed by atoms with E-state index >= 15 is 0 Å². The van der Waals surface area contributed by atoms with Gasteiger partial charge in [0, 0.05) is 37.8 Å². The molecule has 280 valence electrons. The zero-order valence-electron chi connectivity index (χ0n) is 30.8. The highest BCUT2D eigenvalue weighted by Crippen LogP contribution is 2.38. The van der Waals surface area contributed by atoms with E-state index in [0.717, 1.165) is 57.8 Å². The molecule has 5 atom stereocenters. The van der Waals surface area contributed by atoms with Crippen LogP contribution in [-0.4, -0.2) is 100 Å². The molecule has 1 unspecified atom stereocenters. The zero-order valence-corrected chi connectivity index (χ0v) is 31.6. The lowest BCUT2D eigenvalue weighted by Crippen LogP contribution is -2.62. The maximum Gasteiger partial charge on any atom is 0.315 e. The zero-order chi connectivity index (χ0) is 36.6. The molecule has 0 aromatic carbocycles. The highest BCUT2D eigenvalue weighted by molar-refractivity contribution is 8.01. The molecular formula is C37H60N6O6S. The summed E-state index contributed by atoms with van der Waals surface area (Å²) in [6, 6.07) is -2.51. The van der Waals surface area contributed by atoms with E-state index in [1.165, 1.54) is 17.8 Å². The van der Waals surface area contributed by atoms with Gasteiger partial charge in [-0.15, -0.1) is 18.3 Å². The second kappa shape index (κ2) is 17.9. The van der Waals surface area contributed by atoms with Crippen LogP contribution in [0.3, 0.4) is 0 Å². The molecule has 12 nitrogen and oxygen atoms in total. The van der Waals surface area contributed by atoms with E-state index in [0.29, 0.717) is 32.5 Å². The van der Waals surface area contributed by atoms with Crippen LogP contribution < -0.4 is 21.3 Å². The number of nitrogens with one attached hydrogen (secondary N) is 4. The molecule has 2 saturated heterocycles. The normalized spacial score (nSPS) is 23.5. The van der Waals surface area contributed by atoms with Crippen LogP contribution >= 0.6 is 11.8 Å². The van der Waals surface area contributed by atoms with Gasteiger partial charge in [0.1, 0.15) is 17.5 Å². The number of nitrogens with zero attached hydrogens (tertiary/aromatic N) is 2. The van der Waals surface area contributed by atoms with Gasteiger partial charge in [-0.2, -0.15) is 0 Å². The largest absolute Gasteiger partial charge is 0.346 e. The van der Waals surface area contributed by atoms with Crippen LogP contribution in [-0.2, 0) is 24.0 Å². The molecule has 4 N–H and O–H groups in total. The fourth-order valence-electron chi connectivity index (χ4n) is 7.54. The molecule has 0 radical (unpaired) electrons. The van der Waals surface area contributed by atoms with Crippen molar-refractivity contribution < 1.29 is 28.8 Å². The first-order valence-electron chi connectivity index (χ1n) is 18.7. The van der Waals surface area contributed by atoms with Gasteiger partial charge in [0.15, 0.2) is 0 Å². The minimum Gasteiger partial charge on any atom is -0.346 e. The molecule has 4 fully saturated rings. The Morgan fingerprint density at radius 2 is 1.62 bits per heavy atom. The van der Waals surface area contributed by atoms with Crippen molar-refractivity contribution in [1.82, 2.24) is 31.1 Å². The van der Waals surface area contributed by atoms with Crippen molar-refractivity contribution in [2.24, 2.45) is 23.2 Å². The third-order valence-corrected chi connectivity index (χ3v) is 12.1. The molecule has 0 bridgehead atoms. The fraction of sp³-hybridized carbons (Fsp3) is 0.784. The van der Waals surface area contributed by atoms with Crippen LogP contribution in [0.4, 0.5) is 4.79 Å². The Kier molecular flexibility index (Phi) is 14.2. The third kappa shape index (κ3) is 10.7. The molecule has 2 heterocycles. The number of amides is 6. The first-order chi connectivity index (χ1) is 23.7. The summed E-state index contributed by atoms with van der Waals surface area (Å²) in [6.45, 7) is 14.8. The Bertz CT molecular complexity index is 1260. The van der Waals surface area contributed by atoms with Gasteiger partial charge in [-0.3, -0.25) is 24.0 Å². The summed E-state index contributed by atoms with van der Waals surface area (Å²) in [5, 5.41) is 10.6. The lowest BCUT2D eigenvalue weighted by atomic mass is 9.83. The second-order valence-corrected chi connectivity index (χ2v) is 17.4. The van der Waals surface area contributed by atoms with E-state index in [9.17, 15) is 28.8 Å². The minimum absolute atomic E-state index is 0.0581. The molecule has 13 heteroatoms. The van der Waals surface area contributed by atoms with E-state index in [-0.39, 0.29) is 47.4 Å². The van der Waals surface area contributed by atoms with E-state index in [4.69, 9.17) is 0 Å². The summed E-state index contributed by atoms with van der Waals surface area (Å²) >= 11 is 1.27. The standard InChI is InChI=1S/C37H60N6O6S/c1-7-19-38-33(47)30(45)34(50-25-16-17-25)41-32(46)29-26(23(2)3)18-21-43(29)35(48)31(37(4,5)6)40-36(49)39-27(24-13-9-8-10-14-24)22-42-20-12-11-15-28(42)44/h7,23-27,29,31,34H,1,8-22H2,2-6H3,(H,38,47)(H,41,46)(H2,39,40,49)/t26-,27-,29+,31-,34?/m1/s1. The van der Waals surface area contributed by atoms with Crippen molar-refractivity contribution in [3.05, 3.63) is 12.7 Å². The molecule has 0 aromatic heterocycles. The molecule has 0 aromatic rings. The summed E-state index contributed by atoms with van der Waals surface area (Å²) in [5.74, 6) is -2.12. The van der Waals surface area contributed by atoms with Crippen molar-refractivity contribution in [2.75, 3.05) is 26.2 Å². The predicted molar refractivity (Wildman–Crippen MR) is 195 cm³/mol. The van der Waals surface area contributed by atoms with E-state index in [1.807, 2.05) is 39.5 Å². The van der Waals surface area contributed by atoms with Gasteiger partial charge in [-0.05, 0) is 68.1 Å². The van der Waals surface area contributed by atoms with Crippen molar-refractivity contribution >= 4 is 47.2 Å². The van der Waals surface area contributed by atoms with Gasteiger partial charge in [-0.25, -0.2) is 4.79 Å². The number of Topliss-reactive ketones (excluding diaryl/α,β-unsaturated/α-hetero) is 1. The smallest absolute Gasteiger partial charge is 0.315 e. The number of rotatable bonds is 15. The second-order valence-electron chi connectivity index (χ2n) is 16.0. The third-order valence-electron chi connectivity index (χ3n) is 10.6. The molecule has 2 saturated carbocycles. The van der Waals surface area contributed by atoms with Crippen LogP contribution in [0.5, 0.6) is 0 Å². The number of carbonyl (C=O) groups excluding carboxylic acids is 6. The average molecular weight is 717 g/mol. The number of ketones is 1. The first kappa shape index (κ1) is 39.7. The molecule has 4 aliphatic rings. The van der Waals surface area contributed by atoms with Crippen molar-refractivity contribution in [1.29, 1.82) is 0 Å². The molecule has 50 heavy (non-hydrogen) atoms. The maximum atomic E-state index is 14.5. The molecule has 2 aliphatic carbocycles. The van der Waals surface area contributed by atoms with Crippen LogP contribution in [0.15, 0.2) is 12.7 Å². The Hall–Kier alpha value is -3.09. The summed E-state index contributed by atoms with van der Waals surface area (Å²) in [5.41, 5.74) is -0.696. The quantitative estimate of drug-likeness (QED) is 0.114. The van der Waals surface area contributed by atoms with Crippen LogP contribution in [0.1, 0.15) is 105 Å². The molecular weight excluding hydrogens is 657 g/mol. The maximum absolute atomic E-state index is 14.5. The van der Waals surface area contributed by atoms with Crippen LogP contribution in [0, 0.1) is 23.2 Å². The highest BCUT2D eigenvalue weighted by Gasteiger charge is 2.48. The lowest BCUT2D eigenvalue weighted by molar-refractivity contribution is -0.144. The van der Waals surface area contributed by atoms with Gasteiger partial charge in [0.05, 0.1) is 6.04 Å². The number of thioether (sulfide) groups is 1. The molecule has 0 spiro atoms. The van der Waals surface area contributed by atoms with Gasteiger partial charge >= 0.3 is 6.03 Å². The topological polar surface area (TPSA) is 157 Å². The van der Waals surface area contributed by atoms with E-state index in [2.05, 4.69) is 27.8 Å². The number of hydrogen-bond acceptors (Lipinski definition) is 7. The monoisotopic (exact) mass is 716 g/mol. The minimum atomic E-state index is -1.07. The number of urea groups is 1. The summed E-state index contributed by atoms with van der Waals surface area (Å²) in [6.07, 6.45) is 11.5. The van der Waals surface area contributed by atoms with Crippen LogP contribution in [0.2, 0.25) is 0 Å². The summed E-state index contributed by atoms with van der Waals surface area (Å²) in [7, 11) is 0. The molecule has 6 amide bonds. The first-order valence-corrected chi connectivity index (χ1v) is 19.7. The van der Waals surface area contributed by atoms with Crippen molar-refractivity contribution in [3.63, 3.8) is 0 Å². The Balaban J connectivity index is 1.51. The van der Waals surface area contributed by atoms with Crippen molar-refractivity contribution in [3.8, 4) is 0 Å². The Morgan fingerprint density at radius 1 is 0.920 bits per heavy atom. The van der Waals surface area contributed by atoms with E-state index < -0.39 is 46.5 Å². The fourth-order valence-corrected chi connectivity index (χ4v) is 8.75. The Labute approximate surface area is 302 Å². The summed E-state index contributed by atoms with van der Waals surface area (Å²) in [4.78, 5) is 84.3. The SMILES string of the molecule is C=CCNC(=O)C(=O)C(NC(=O)[C@@H]1[C@@H](C(C)C)CCN1C(=O)[C@@H](NC(=O)N[C@H](CN1CCCCC1=O)C1CCCCC1)C(C)(C)C)SC1CC1. The molecule has 4 rings (SSSR count). The number of hydrogen-bond donors (Lipinski definition) is 4. The predicted octanol–water partition coefficient (Wildman–Crippen LogP) is 3.74. The average Bonchev–Trinajstić information content (AvgIpc) is 3.78. The number of carbonyl (C=O) groups is 6. The Morgan fingerprint density at radius 3 is 2.22 bits per heavy atom. The highest BCUT2D eigenvalue weighted by atomic mass is 32.2. The van der Waals surface area contributed by atoms with Gasteiger partial charge in [0.25, 0.3) is 11.7 Å². The van der Waals surface area contributed by atoms with E-state index in [1.54, 1.807) is 4.90 Å².